The van der Waals surface area contributed by atoms with Crippen LogP contribution in [0.3, 0.4) is 0 Å². The Morgan fingerprint density at radius 2 is 1.08 bits per heavy atom. The highest BCUT2D eigenvalue weighted by atomic mass is 31.2. The molecule has 0 aromatic rings. The molecule has 3 N–H and O–H groups in total. The van der Waals surface area contributed by atoms with Crippen LogP contribution in [0.15, 0.2) is 24.3 Å². The predicted octanol–water partition coefficient (Wildman–Crippen LogP) is 11.0. The number of likely N-dealkylation sites (N-methyl/N-ethyl adjacent to an activating group) is 1. The summed E-state index contributed by atoms with van der Waals surface area (Å²) in [4.78, 5) is 23.0. The fourth-order valence-electron chi connectivity index (χ4n) is 5.80. The highest BCUT2D eigenvalue weighted by Gasteiger charge is 2.28. The van der Waals surface area contributed by atoms with Gasteiger partial charge in [-0.3, -0.25) is 13.8 Å². The van der Waals surface area contributed by atoms with Crippen LogP contribution in [0.5, 0.6) is 0 Å². The van der Waals surface area contributed by atoms with E-state index in [-0.39, 0.29) is 19.1 Å². The van der Waals surface area contributed by atoms with Crippen LogP contribution in [0, 0.1) is 0 Å². The number of amides is 1. The average Bonchev–Trinajstić information content (AvgIpc) is 3.06. The Balaban J connectivity index is 4.31. The summed E-state index contributed by atoms with van der Waals surface area (Å²) in [7, 11) is 1.59. The largest absolute Gasteiger partial charge is 0.472 e. The smallest absolute Gasteiger partial charge is 0.391 e. The molecule has 8 nitrogen and oxygen atoms in total. The van der Waals surface area contributed by atoms with Crippen LogP contribution in [0.25, 0.3) is 0 Å². The average molecular weight is 730 g/mol. The molecule has 0 bridgehead atoms. The maximum absolute atomic E-state index is 12.8. The Morgan fingerprint density at radius 1 is 0.660 bits per heavy atom. The van der Waals surface area contributed by atoms with Crippen LogP contribution in [-0.4, -0.2) is 73.4 Å². The first-order valence-electron chi connectivity index (χ1n) is 20.7. The number of aliphatic hydroxyl groups excluding tert-OH is 1. The first-order chi connectivity index (χ1) is 24.0. The van der Waals surface area contributed by atoms with Gasteiger partial charge in [0.25, 0.3) is 0 Å². The zero-order chi connectivity index (χ0) is 37.2. The van der Waals surface area contributed by atoms with E-state index in [2.05, 4.69) is 43.5 Å². The molecule has 0 rings (SSSR count). The number of carbonyl (C=O) groups is 1. The maximum Gasteiger partial charge on any atom is 0.472 e. The van der Waals surface area contributed by atoms with E-state index >= 15 is 0 Å². The molecule has 50 heavy (non-hydrogen) atoms. The standard InChI is InChI=1S/C41H81N2O6P/c1-6-8-10-12-14-16-17-18-19-20-21-22-23-24-25-27-29-31-33-35-41(45)42-39(38-49-50(46,47)48-37-36-43(3,4)5)40(44)34-32-30-28-26-15-13-11-9-7-2/h15,18-19,26,39-40,44H,6-14,16-17,20-25,27-38H2,1-5H3,(H-,42,45,46,47)/p+1/b19-18+,26-15+/t39-,40+/m0/s1. The summed E-state index contributed by atoms with van der Waals surface area (Å²) in [6.07, 6.45) is 37.8. The third-order valence-electron chi connectivity index (χ3n) is 9.17. The highest BCUT2D eigenvalue weighted by molar-refractivity contribution is 7.47. The SMILES string of the molecule is CCCCC/C=C/CCCC[C@@H](O)[C@H](COP(=O)(O)OCC[N+](C)(C)C)NC(=O)CCCCCCCCCCC/C=C/CCCCCCCC. The van der Waals surface area contributed by atoms with Crippen molar-refractivity contribution in [3.05, 3.63) is 24.3 Å². The van der Waals surface area contributed by atoms with Crippen molar-refractivity contribution in [1.29, 1.82) is 0 Å². The fourth-order valence-corrected chi connectivity index (χ4v) is 6.53. The van der Waals surface area contributed by atoms with E-state index in [9.17, 15) is 19.4 Å². The Morgan fingerprint density at radius 3 is 1.58 bits per heavy atom. The normalized spacial score (nSPS) is 14.8. The Hall–Kier alpha value is -1.02. The van der Waals surface area contributed by atoms with E-state index < -0.39 is 20.0 Å². The lowest BCUT2D eigenvalue weighted by Crippen LogP contribution is -2.46. The van der Waals surface area contributed by atoms with Crippen LogP contribution in [-0.2, 0) is 18.4 Å². The van der Waals surface area contributed by atoms with Gasteiger partial charge in [0.1, 0.15) is 13.2 Å². The molecule has 0 aliphatic rings. The molecule has 9 heteroatoms. The number of phosphoric ester groups is 1. The van der Waals surface area contributed by atoms with Gasteiger partial charge < -0.3 is 19.8 Å². The summed E-state index contributed by atoms with van der Waals surface area (Å²) in [6, 6.07) is -0.773. The molecular formula is C41H82N2O6P+. The van der Waals surface area contributed by atoms with Gasteiger partial charge in [0, 0.05) is 6.42 Å². The van der Waals surface area contributed by atoms with Crippen LogP contribution >= 0.6 is 7.82 Å². The summed E-state index contributed by atoms with van der Waals surface area (Å²) in [5.41, 5.74) is 0. The van der Waals surface area contributed by atoms with Gasteiger partial charge >= 0.3 is 7.82 Å². The van der Waals surface area contributed by atoms with E-state index in [0.29, 0.717) is 23.9 Å². The molecular weight excluding hydrogens is 647 g/mol. The Labute approximate surface area is 309 Å². The molecule has 1 unspecified atom stereocenters. The van der Waals surface area contributed by atoms with Gasteiger partial charge in [-0.25, -0.2) is 4.57 Å². The minimum atomic E-state index is -4.31. The van der Waals surface area contributed by atoms with Crippen molar-refractivity contribution in [3.63, 3.8) is 0 Å². The summed E-state index contributed by atoms with van der Waals surface area (Å²) >= 11 is 0. The topological polar surface area (TPSA) is 105 Å². The first kappa shape index (κ1) is 49.0. The molecule has 0 aromatic carbocycles. The number of quaternary nitrogens is 1. The lowest BCUT2D eigenvalue weighted by atomic mass is 10.0. The molecule has 0 fully saturated rings. The van der Waals surface area contributed by atoms with Crippen molar-refractivity contribution >= 4 is 13.7 Å². The lowest BCUT2D eigenvalue weighted by Gasteiger charge is -2.26. The number of unbranched alkanes of at least 4 members (excludes halogenated alkanes) is 20. The van der Waals surface area contributed by atoms with Gasteiger partial charge in [-0.05, 0) is 64.2 Å². The van der Waals surface area contributed by atoms with Crippen molar-refractivity contribution in [2.24, 2.45) is 0 Å². The van der Waals surface area contributed by atoms with Gasteiger partial charge in [-0.1, -0.05) is 134 Å². The van der Waals surface area contributed by atoms with Crippen molar-refractivity contribution in [3.8, 4) is 0 Å². The number of hydrogen-bond donors (Lipinski definition) is 3. The Kier molecular flexibility index (Phi) is 33.1. The van der Waals surface area contributed by atoms with E-state index in [0.717, 1.165) is 44.9 Å². The van der Waals surface area contributed by atoms with Gasteiger partial charge in [0.2, 0.25) is 5.91 Å². The molecule has 0 aliphatic heterocycles. The molecule has 0 radical (unpaired) electrons. The van der Waals surface area contributed by atoms with Crippen LogP contribution in [0.4, 0.5) is 0 Å². The highest BCUT2D eigenvalue weighted by Crippen LogP contribution is 2.43. The second-order valence-electron chi connectivity index (χ2n) is 15.4. The molecule has 0 aromatic heterocycles. The van der Waals surface area contributed by atoms with E-state index in [4.69, 9.17) is 9.05 Å². The van der Waals surface area contributed by atoms with E-state index in [1.165, 1.54) is 109 Å². The summed E-state index contributed by atoms with van der Waals surface area (Å²) in [6.45, 7) is 4.80. The predicted molar refractivity (Wildman–Crippen MR) is 212 cm³/mol. The summed E-state index contributed by atoms with van der Waals surface area (Å²) < 4.78 is 23.5. The minimum absolute atomic E-state index is 0.0693. The fraction of sp³-hybridized carbons (Fsp3) is 0.878. The summed E-state index contributed by atoms with van der Waals surface area (Å²) in [5.74, 6) is -0.160. The number of allylic oxidation sites excluding steroid dienone is 4. The van der Waals surface area contributed by atoms with E-state index in [1.807, 2.05) is 21.1 Å². The quantitative estimate of drug-likeness (QED) is 0.0254. The monoisotopic (exact) mass is 730 g/mol. The third kappa shape index (κ3) is 35.4. The molecule has 0 saturated heterocycles. The number of aliphatic hydroxyl groups is 1. The lowest BCUT2D eigenvalue weighted by molar-refractivity contribution is -0.870. The molecule has 0 heterocycles. The molecule has 296 valence electrons. The second-order valence-corrected chi connectivity index (χ2v) is 16.8. The molecule has 0 aliphatic carbocycles. The van der Waals surface area contributed by atoms with Crippen molar-refractivity contribution in [2.45, 2.75) is 193 Å². The van der Waals surface area contributed by atoms with Gasteiger partial charge in [-0.15, -0.1) is 0 Å². The van der Waals surface area contributed by atoms with Gasteiger partial charge in [0.15, 0.2) is 0 Å². The van der Waals surface area contributed by atoms with Gasteiger partial charge in [-0.2, -0.15) is 0 Å². The number of nitrogens with zero attached hydrogens (tertiary/aromatic N) is 1. The Bertz CT molecular complexity index is 876. The summed E-state index contributed by atoms with van der Waals surface area (Å²) in [5, 5.41) is 13.8. The zero-order valence-electron chi connectivity index (χ0n) is 33.4. The minimum Gasteiger partial charge on any atom is -0.391 e. The van der Waals surface area contributed by atoms with Crippen LogP contribution in [0.2, 0.25) is 0 Å². The van der Waals surface area contributed by atoms with Crippen LogP contribution in [0.1, 0.15) is 181 Å². The van der Waals surface area contributed by atoms with Gasteiger partial charge in [0.05, 0.1) is 39.9 Å². The van der Waals surface area contributed by atoms with E-state index in [1.54, 1.807) is 0 Å². The number of carbonyl (C=O) groups excluding carboxylic acids is 1. The molecule has 0 spiro atoms. The van der Waals surface area contributed by atoms with Crippen molar-refractivity contribution in [2.75, 3.05) is 40.9 Å². The molecule has 1 amide bonds. The number of hydrogen-bond acceptors (Lipinski definition) is 5. The number of phosphoric acid groups is 1. The maximum atomic E-state index is 12.8. The molecule has 3 atom stereocenters. The van der Waals surface area contributed by atoms with Crippen LogP contribution < -0.4 is 5.32 Å². The first-order valence-corrected chi connectivity index (χ1v) is 22.2. The molecule has 0 saturated carbocycles. The number of rotatable bonds is 37. The zero-order valence-corrected chi connectivity index (χ0v) is 34.3. The number of nitrogens with one attached hydrogen (secondary N) is 1. The van der Waals surface area contributed by atoms with Crippen molar-refractivity contribution in [1.82, 2.24) is 5.32 Å². The third-order valence-corrected chi connectivity index (χ3v) is 10.2. The second kappa shape index (κ2) is 33.8. The van der Waals surface area contributed by atoms with Crippen molar-refractivity contribution < 1.29 is 32.9 Å².